The van der Waals surface area contributed by atoms with Gasteiger partial charge in [0.25, 0.3) is 5.91 Å². The Balaban J connectivity index is 1.46. The predicted molar refractivity (Wildman–Crippen MR) is 116 cm³/mol. The molecule has 4 rings (SSSR count). The minimum Gasteiger partial charge on any atom is -0.497 e. The average Bonchev–Trinajstić information content (AvgIpc) is 3.37. The fraction of sp³-hybridized carbons (Fsp3) is 0.143. The molecule has 5 nitrogen and oxygen atoms in total. The third kappa shape index (κ3) is 3.72. The van der Waals surface area contributed by atoms with Gasteiger partial charge in [0.05, 0.1) is 23.4 Å². The normalized spacial score (nSPS) is 10.9. The summed E-state index contributed by atoms with van der Waals surface area (Å²) in [5.74, 6) is 0.659. The van der Waals surface area contributed by atoms with E-state index in [0.717, 1.165) is 38.5 Å². The minimum atomic E-state index is -0.160. The fourth-order valence-electron chi connectivity index (χ4n) is 2.92. The number of anilines is 1. The Morgan fingerprint density at radius 2 is 2.00 bits per heavy atom. The predicted octanol–water partition coefficient (Wildman–Crippen LogP) is 4.59. The Kier molecular flexibility index (Phi) is 5.27. The van der Waals surface area contributed by atoms with Crippen LogP contribution in [-0.2, 0) is 6.42 Å². The highest BCUT2D eigenvalue weighted by Gasteiger charge is 2.17. The number of nitrogen functional groups attached to an aromatic ring is 1. The molecule has 7 heteroatoms. The van der Waals surface area contributed by atoms with Gasteiger partial charge < -0.3 is 15.8 Å². The molecule has 0 bridgehead atoms. The highest BCUT2D eigenvalue weighted by molar-refractivity contribution is 7.21. The lowest BCUT2D eigenvalue weighted by atomic mass is 10.1. The van der Waals surface area contributed by atoms with Gasteiger partial charge in [-0.3, -0.25) is 4.79 Å². The molecule has 3 aromatic heterocycles. The lowest BCUT2D eigenvalue weighted by molar-refractivity contribution is 0.0959. The van der Waals surface area contributed by atoms with E-state index in [1.165, 1.54) is 11.3 Å². The van der Waals surface area contributed by atoms with Crippen LogP contribution in [0.25, 0.3) is 20.8 Å². The Labute approximate surface area is 170 Å². The zero-order valence-electron chi connectivity index (χ0n) is 15.3. The van der Waals surface area contributed by atoms with Gasteiger partial charge in [0.2, 0.25) is 0 Å². The summed E-state index contributed by atoms with van der Waals surface area (Å²) < 4.78 is 5.16. The average molecular weight is 410 g/mol. The third-order valence-electron chi connectivity index (χ3n) is 4.43. The van der Waals surface area contributed by atoms with Crippen LogP contribution in [0.4, 0.5) is 5.69 Å². The van der Waals surface area contributed by atoms with Gasteiger partial charge in [-0.15, -0.1) is 22.7 Å². The van der Waals surface area contributed by atoms with Crippen LogP contribution in [0.5, 0.6) is 5.75 Å². The van der Waals surface area contributed by atoms with Gasteiger partial charge in [-0.25, -0.2) is 4.98 Å². The number of carbonyl (C=O) groups is 1. The van der Waals surface area contributed by atoms with Gasteiger partial charge in [-0.05, 0) is 47.7 Å². The molecule has 0 atom stereocenters. The fourth-order valence-corrected chi connectivity index (χ4v) is 4.63. The van der Waals surface area contributed by atoms with E-state index in [-0.39, 0.29) is 5.91 Å². The SMILES string of the molecule is COc1ccc(CCNC(=O)c2sc3nc(-c4cccs4)ccc3c2N)cc1. The summed E-state index contributed by atoms with van der Waals surface area (Å²) in [6.45, 7) is 0.534. The molecule has 28 heavy (non-hydrogen) atoms. The van der Waals surface area contributed by atoms with E-state index < -0.39 is 0 Å². The van der Waals surface area contributed by atoms with Crippen molar-refractivity contribution in [1.29, 1.82) is 0 Å². The van der Waals surface area contributed by atoms with Crippen molar-refractivity contribution in [1.82, 2.24) is 10.3 Å². The summed E-state index contributed by atoms with van der Waals surface area (Å²) in [6.07, 6.45) is 0.737. The van der Waals surface area contributed by atoms with Gasteiger partial charge in [-0.1, -0.05) is 18.2 Å². The first kappa shape index (κ1) is 18.5. The van der Waals surface area contributed by atoms with Crippen molar-refractivity contribution in [3.63, 3.8) is 0 Å². The molecule has 0 aliphatic rings. The number of hydrogen-bond acceptors (Lipinski definition) is 6. The molecular formula is C21H19N3O2S2. The number of hydrogen-bond donors (Lipinski definition) is 2. The lowest BCUT2D eigenvalue weighted by Gasteiger charge is -2.06. The highest BCUT2D eigenvalue weighted by Crippen LogP contribution is 2.34. The number of nitrogens with one attached hydrogen (secondary N) is 1. The second-order valence-corrected chi connectivity index (χ2v) is 8.17. The number of thiophene rings is 2. The van der Waals surface area contributed by atoms with Crippen LogP contribution < -0.4 is 15.8 Å². The maximum Gasteiger partial charge on any atom is 0.263 e. The van der Waals surface area contributed by atoms with Crippen LogP contribution in [0, 0.1) is 0 Å². The molecule has 142 valence electrons. The van der Waals surface area contributed by atoms with Crippen molar-refractivity contribution in [3.8, 4) is 16.3 Å². The number of pyridine rings is 1. The van der Waals surface area contributed by atoms with E-state index >= 15 is 0 Å². The van der Waals surface area contributed by atoms with Crippen LogP contribution in [0.1, 0.15) is 15.2 Å². The van der Waals surface area contributed by atoms with E-state index in [1.807, 2.05) is 53.9 Å². The molecule has 3 heterocycles. The molecule has 0 fully saturated rings. The summed E-state index contributed by atoms with van der Waals surface area (Å²) in [6, 6.07) is 15.7. The molecule has 0 aliphatic heterocycles. The van der Waals surface area contributed by atoms with E-state index in [0.29, 0.717) is 17.1 Å². The summed E-state index contributed by atoms with van der Waals surface area (Å²) in [4.78, 5) is 19.7. The van der Waals surface area contributed by atoms with Crippen molar-refractivity contribution >= 4 is 44.5 Å². The summed E-state index contributed by atoms with van der Waals surface area (Å²) in [5.41, 5.74) is 8.74. The zero-order chi connectivity index (χ0) is 19.5. The van der Waals surface area contributed by atoms with Gasteiger partial charge in [0, 0.05) is 11.9 Å². The first-order valence-electron chi connectivity index (χ1n) is 8.79. The maximum atomic E-state index is 12.6. The number of nitrogens with two attached hydrogens (primary N) is 1. The number of ether oxygens (including phenoxy) is 1. The third-order valence-corrected chi connectivity index (χ3v) is 6.44. The number of rotatable bonds is 6. The van der Waals surface area contributed by atoms with Gasteiger partial charge in [0.15, 0.2) is 0 Å². The maximum absolute atomic E-state index is 12.6. The number of nitrogens with zero attached hydrogens (tertiary/aromatic N) is 1. The number of methoxy groups -OCH3 is 1. The number of fused-ring (bicyclic) bond motifs is 1. The minimum absolute atomic E-state index is 0.160. The second kappa shape index (κ2) is 8.00. The van der Waals surface area contributed by atoms with Crippen LogP contribution in [0.15, 0.2) is 53.9 Å². The number of carbonyl (C=O) groups excluding carboxylic acids is 1. The monoisotopic (exact) mass is 409 g/mol. The molecule has 0 unspecified atom stereocenters. The molecule has 0 spiro atoms. The Morgan fingerprint density at radius 1 is 1.18 bits per heavy atom. The largest absolute Gasteiger partial charge is 0.497 e. The van der Waals surface area contributed by atoms with Gasteiger partial charge in [-0.2, -0.15) is 0 Å². The molecular weight excluding hydrogens is 390 g/mol. The van der Waals surface area contributed by atoms with Crippen molar-refractivity contribution in [3.05, 3.63) is 64.4 Å². The smallest absolute Gasteiger partial charge is 0.263 e. The Hall–Kier alpha value is -2.90. The molecule has 0 aliphatic carbocycles. The van der Waals surface area contributed by atoms with Crippen molar-refractivity contribution in [2.75, 3.05) is 19.4 Å². The van der Waals surface area contributed by atoms with Crippen LogP contribution in [0.3, 0.4) is 0 Å². The molecule has 0 radical (unpaired) electrons. The quantitative estimate of drug-likeness (QED) is 0.488. The topological polar surface area (TPSA) is 77.2 Å². The first-order chi connectivity index (χ1) is 13.7. The summed E-state index contributed by atoms with van der Waals surface area (Å²) in [7, 11) is 1.64. The van der Waals surface area contributed by atoms with E-state index in [1.54, 1.807) is 18.4 Å². The highest BCUT2D eigenvalue weighted by atomic mass is 32.1. The molecule has 1 amide bonds. The van der Waals surface area contributed by atoms with Crippen LogP contribution in [0.2, 0.25) is 0 Å². The molecule has 4 aromatic rings. The number of benzene rings is 1. The summed E-state index contributed by atoms with van der Waals surface area (Å²) in [5, 5.41) is 5.80. The van der Waals surface area contributed by atoms with E-state index in [9.17, 15) is 4.79 Å². The second-order valence-electron chi connectivity index (χ2n) is 6.23. The lowest BCUT2D eigenvalue weighted by Crippen LogP contribution is -2.25. The number of aromatic nitrogens is 1. The Bertz CT molecular complexity index is 1100. The van der Waals surface area contributed by atoms with E-state index in [2.05, 4.69) is 10.3 Å². The number of amides is 1. The van der Waals surface area contributed by atoms with Crippen LogP contribution >= 0.6 is 22.7 Å². The standard InChI is InChI=1S/C21H19N3O2S2/c1-26-14-6-4-13(5-7-14)10-11-23-20(25)19-18(22)15-8-9-16(24-21(15)28-19)17-3-2-12-27-17/h2-9,12H,10-11,22H2,1H3,(H,23,25). The van der Waals surface area contributed by atoms with Crippen LogP contribution in [-0.4, -0.2) is 24.5 Å². The van der Waals surface area contributed by atoms with Crippen molar-refractivity contribution in [2.45, 2.75) is 6.42 Å². The van der Waals surface area contributed by atoms with E-state index in [4.69, 9.17) is 10.5 Å². The molecule has 0 saturated heterocycles. The molecule has 1 aromatic carbocycles. The summed E-state index contributed by atoms with van der Waals surface area (Å²) >= 11 is 2.97. The zero-order valence-corrected chi connectivity index (χ0v) is 16.9. The van der Waals surface area contributed by atoms with Gasteiger partial charge in [0.1, 0.15) is 15.5 Å². The molecule has 3 N–H and O–H groups in total. The van der Waals surface area contributed by atoms with Gasteiger partial charge >= 0.3 is 0 Å². The molecule has 0 saturated carbocycles. The van der Waals surface area contributed by atoms with Crippen molar-refractivity contribution < 1.29 is 9.53 Å². The Morgan fingerprint density at radius 3 is 2.71 bits per heavy atom. The van der Waals surface area contributed by atoms with Crippen molar-refractivity contribution in [2.24, 2.45) is 0 Å². The first-order valence-corrected chi connectivity index (χ1v) is 10.5.